The molecule has 0 aliphatic carbocycles. The minimum atomic E-state index is -0.498. The Kier molecular flexibility index (Phi) is 6.86. The smallest absolute Gasteiger partial charge is 0.337 e. The lowest BCUT2D eigenvalue weighted by Gasteiger charge is -2.37. The van der Waals surface area contributed by atoms with Gasteiger partial charge in [0, 0.05) is 37.4 Å². The number of aromatic amines is 1. The van der Waals surface area contributed by atoms with E-state index in [2.05, 4.69) is 41.9 Å². The Morgan fingerprint density at radius 1 is 0.895 bits per heavy atom. The first-order chi connectivity index (χ1) is 18.3. The lowest BCUT2D eigenvalue weighted by molar-refractivity contribution is 0.0600. The van der Waals surface area contributed by atoms with Gasteiger partial charge in [-0.3, -0.25) is 14.2 Å². The molecule has 0 unspecified atom stereocenters. The van der Waals surface area contributed by atoms with E-state index in [0.29, 0.717) is 40.8 Å². The van der Waals surface area contributed by atoms with Crippen molar-refractivity contribution in [2.45, 2.75) is 13.8 Å². The number of fused-ring (bicyclic) bond motifs is 1. The number of H-pyrrole nitrogens is 1. The predicted molar refractivity (Wildman–Crippen MR) is 150 cm³/mol. The van der Waals surface area contributed by atoms with Gasteiger partial charge in [0.15, 0.2) is 4.77 Å². The van der Waals surface area contributed by atoms with Crippen LogP contribution in [0.5, 0.6) is 0 Å². The number of ether oxygens (including phenoxy) is 1. The number of nitrogens with one attached hydrogen (secondary N) is 1. The molecule has 1 saturated heterocycles. The minimum absolute atomic E-state index is 0.0384. The van der Waals surface area contributed by atoms with Gasteiger partial charge in [0.1, 0.15) is 0 Å². The molecule has 194 valence electrons. The van der Waals surface area contributed by atoms with Crippen LogP contribution in [0.15, 0.2) is 65.5 Å². The molecule has 8 nitrogen and oxygen atoms in total. The second kappa shape index (κ2) is 10.3. The molecular weight excluding hydrogens is 500 g/mol. The molecule has 1 aliphatic rings. The number of rotatable bonds is 4. The number of benzene rings is 3. The van der Waals surface area contributed by atoms with Gasteiger partial charge in [-0.05, 0) is 85.7 Å². The third-order valence-electron chi connectivity index (χ3n) is 6.96. The Hall–Kier alpha value is -4.24. The summed E-state index contributed by atoms with van der Waals surface area (Å²) >= 11 is 5.45. The molecule has 3 aromatic carbocycles. The minimum Gasteiger partial charge on any atom is -0.465 e. The van der Waals surface area contributed by atoms with E-state index in [0.717, 1.165) is 13.1 Å². The van der Waals surface area contributed by atoms with Gasteiger partial charge in [-0.15, -0.1) is 0 Å². The van der Waals surface area contributed by atoms with E-state index in [1.165, 1.54) is 28.5 Å². The van der Waals surface area contributed by atoms with E-state index in [-0.39, 0.29) is 16.2 Å². The van der Waals surface area contributed by atoms with E-state index in [1.807, 2.05) is 4.90 Å². The molecule has 5 rings (SSSR count). The fraction of sp³-hybridized carbons (Fsp3) is 0.241. The fourth-order valence-electron chi connectivity index (χ4n) is 4.84. The second-order valence-corrected chi connectivity index (χ2v) is 9.83. The molecule has 1 fully saturated rings. The first-order valence-corrected chi connectivity index (χ1v) is 12.8. The van der Waals surface area contributed by atoms with Crippen molar-refractivity contribution in [2.75, 3.05) is 38.2 Å². The summed E-state index contributed by atoms with van der Waals surface area (Å²) < 4.78 is 6.32. The number of anilines is 1. The number of aromatic nitrogens is 2. The largest absolute Gasteiger partial charge is 0.465 e. The Morgan fingerprint density at radius 3 is 2.26 bits per heavy atom. The quantitative estimate of drug-likeness (QED) is 0.312. The van der Waals surface area contributed by atoms with Crippen LogP contribution in [0, 0.1) is 18.6 Å². The van der Waals surface area contributed by atoms with Crippen LogP contribution in [0.25, 0.3) is 16.6 Å². The van der Waals surface area contributed by atoms with Crippen molar-refractivity contribution < 1.29 is 14.3 Å². The van der Waals surface area contributed by atoms with Crippen LogP contribution in [0.2, 0.25) is 0 Å². The topological polar surface area (TPSA) is 87.6 Å². The Bertz CT molecular complexity index is 1670. The van der Waals surface area contributed by atoms with Crippen LogP contribution in [0.1, 0.15) is 31.8 Å². The average molecular weight is 529 g/mol. The number of methoxy groups -OCH3 is 1. The number of nitrogens with zero attached hydrogens (tertiary/aromatic N) is 3. The molecule has 2 heterocycles. The molecule has 1 N–H and O–H groups in total. The average Bonchev–Trinajstić information content (AvgIpc) is 2.93. The van der Waals surface area contributed by atoms with E-state index >= 15 is 0 Å². The van der Waals surface area contributed by atoms with Crippen molar-refractivity contribution >= 4 is 40.7 Å². The molecule has 1 aromatic heterocycles. The highest BCUT2D eigenvalue weighted by Gasteiger charge is 2.23. The van der Waals surface area contributed by atoms with Gasteiger partial charge < -0.3 is 19.5 Å². The summed E-state index contributed by atoms with van der Waals surface area (Å²) in [6.45, 7) is 7.02. The number of aryl methyl sites for hydroxylation is 2. The highest BCUT2D eigenvalue weighted by Crippen LogP contribution is 2.23. The maximum Gasteiger partial charge on any atom is 0.337 e. The standard InChI is InChI=1S/C29H28N4O4S/c1-18-4-5-19(2)25(16-18)31-12-14-32(15-13-31)26(34)20-6-9-22(10-7-20)33-27(35)23-11-8-21(28(36)37-3)17-24(23)30-29(33)38/h4-11,16-17H,12-15H2,1-3H3,(H,30,38). The summed E-state index contributed by atoms with van der Waals surface area (Å²) in [5.41, 5.74) is 5.23. The van der Waals surface area contributed by atoms with Crippen molar-refractivity contribution in [3.63, 3.8) is 0 Å². The van der Waals surface area contributed by atoms with E-state index < -0.39 is 5.97 Å². The number of hydrogen-bond donors (Lipinski definition) is 1. The molecule has 4 aromatic rings. The van der Waals surface area contributed by atoms with Crippen molar-refractivity contribution in [3.8, 4) is 5.69 Å². The maximum absolute atomic E-state index is 13.2. The summed E-state index contributed by atoms with van der Waals surface area (Å²) in [6.07, 6.45) is 0. The van der Waals surface area contributed by atoms with Gasteiger partial charge in [-0.1, -0.05) is 12.1 Å². The van der Waals surface area contributed by atoms with Gasteiger partial charge in [-0.2, -0.15) is 0 Å². The fourth-order valence-corrected chi connectivity index (χ4v) is 5.14. The molecule has 1 aliphatic heterocycles. The van der Waals surface area contributed by atoms with Crippen LogP contribution in [-0.2, 0) is 4.74 Å². The van der Waals surface area contributed by atoms with Crippen LogP contribution in [-0.4, -0.2) is 59.6 Å². The first-order valence-electron chi connectivity index (χ1n) is 12.4. The number of hydrogen-bond acceptors (Lipinski definition) is 6. The first kappa shape index (κ1) is 25.4. The van der Waals surface area contributed by atoms with Crippen molar-refractivity contribution in [1.82, 2.24) is 14.5 Å². The number of carbonyl (C=O) groups is 2. The van der Waals surface area contributed by atoms with Crippen LogP contribution in [0.3, 0.4) is 0 Å². The number of piperazine rings is 1. The Balaban J connectivity index is 1.34. The lowest BCUT2D eigenvalue weighted by Crippen LogP contribution is -2.49. The van der Waals surface area contributed by atoms with Crippen LogP contribution >= 0.6 is 12.2 Å². The third-order valence-corrected chi connectivity index (χ3v) is 7.25. The zero-order valence-corrected chi connectivity index (χ0v) is 22.3. The molecule has 0 saturated carbocycles. The molecule has 9 heteroatoms. The highest BCUT2D eigenvalue weighted by molar-refractivity contribution is 7.71. The normalized spacial score (nSPS) is 13.6. The van der Waals surface area contributed by atoms with Crippen molar-refractivity contribution in [2.24, 2.45) is 0 Å². The van der Waals surface area contributed by atoms with Gasteiger partial charge in [0.2, 0.25) is 0 Å². The maximum atomic E-state index is 13.2. The second-order valence-electron chi connectivity index (χ2n) is 9.44. The Morgan fingerprint density at radius 2 is 1.58 bits per heavy atom. The molecule has 0 atom stereocenters. The monoisotopic (exact) mass is 528 g/mol. The molecular formula is C29H28N4O4S. The van der Waals surface area contributed by atoms with Gasteiger partial charge in [-0.25, -0.2) is 4.79 Å². The van der Waals surface area contributed by atoms with Gasteiger partial charge >= 0.3 is 5.97 Å². The van der Waals surface area contributed by atoms with Gasteiger partial charge in [0.05, 0.1) is 29.3 Å². The van der Waals surface area contributed by atoms with Crippen molar-refractivity contribution in [3.05, 3.63) is 98.0 Å². The zero-order chi connectivity index (χ0) is 27.0. The summed E-state index contributed by atoms with van der Waals surface area (Å²) in [7, 11) is 1.30. The van der Waals surface area contributed by atoms with Crippen LogP contribution < -0.4 is 10.5 Å². The summed E-state index contributed by atoms with van der Waals surface area (Å²) in [6, 6.07) is 18.0. The van der Waals surface area contributed by atoms with Crippen molar-refractivity contribution in [1.29, 1.82) is 0 Å². The lowest BCUT2D eigenvalue weighted by atomic mass is 10.1. The number of esters is 1. The van der Waals surface area contributed by atoms with E-state index in [4.69, 9.17) is 17.0 Å². The predicted octanol–water partition coefficient (Wildman–Crippen LogP) is 4.41. The van der Waals surface area contributed by atoms with E-state index in [9.17, 15) is 14.4 Å². The summed E-state index contributed by atoms with van der Waals surface area (Å²) in [4.78, 5) is 45.5. The van der Waals surface area contributed by atoms with Gasteiger partial charge in [0.25, 0.3) is 11.5 Å². The Labute approximate surface area is 225 Å². The SMILES string of the molecule is COC(=O)c1ccc2c(=O)n(-c3ccc(C(=O)N4CCN(c5cc(C)ccc5C)CC4)cc3)c(=S)[nH]c2c1. The molecule has 1 amide bonds. The van der Waals surface area contributed by atoms with Crippen LogP contribution in [0.4, 0.5) is 5.69 Å². The third kappa shape index (κ3) is 4.72. The molecule has 38 heavy (non-hydrogen) atoms. The number of amides is 1. The molecule has 0 radical (unpaired) electrons. The number of carbonyl (C=O) groups excluding carboxylic acids is 2. The zero-order valence-electron chi connectivity index (χ0n) is 21.5. The highest BCUT2D eigenvalue weighted by atomic mass is 32.1. The summed E-state index contributed by atoms with van der Waals surface area (Å²) in [5, 5.41) is 0.383. The molecule has 0 bridgehead atoms. The van der Waals surface area contributed by atoms with E-state index in [1.54, 1.807) is 42.5 Å². The summed E-state index contributed by atoms with van der Waals surface area (Å²) in [5.74, 6) is -0.536. The molecule has 0 spiro atoms.